The van der Waals surface area contributed by atoms with E-state index < -0.39 is 20.2 Å². The van der Waals surface area contributed by atoms with Crippen molar-refractivity contribution in [2.24, 2.45) is 0 Å². The maximum atomic E-state index is 6.19. The van der Waals surface area contributed by atoms with Crippen molar-refractivity contribution in [3.8, 4) is 0 Å². The molecule has 0 heterocycles. The maximum absolute atomic E-state index is 6.19. The van der Waals surface area contributed by atoms with Gasteiger partial charge >= 0.3 is 117 Å². The molecule has 0 aromatic heterocycles. The monoisotopic (exact) mass is 349 g/mol. The van der Waals surface area contributed by atoms with Gasteiger partial charge in [0.05, 0.1) is 0 Å². The zero-order chi connectivity index (χ0) is 12.8. The predicted octanol–water partition coefficient (Wildman–Crippen LogP) is 5.57. The van der Waals surface area contributed by atoms with Gasteiger partial charge < -0.3 is 0 Å². The molecule has 0 spiro atoms. The first-order valence-electron chi connectivity index (χ1n) is 7.82. The molecular formula is C15H33OSn. The Balaban J connectivity index is 3.34. The zero-order valence-electron chi connectivity index (χ0n) is 12.4. The van der Waals surface area contributed by atoms with Crippen molar-refractivity contribution in [3.05, 3.63) is 0 Å². The van der Waals surface area contributed by atoms with Crippen LogP contribution in [0, 0.1) is 0 Å². The SMILES string of the molecule is CCCCCCCC[O][Sn]([CH2]CC)[CH2]CCC. The molecular weight excluding hydrogens is 315 g/mol. The third-order valence-electron chi connectivity index (χ3n) is 3.14. The number of unbranched alkanes of at least 4 members (excludes halogenated alkanes) is 6. The standard InChI is InChI=1S/C8H17O.C4H9.C3H7.Sn/c1-2-3-4-5-6-7-8-9;1-3-4-2;1-3-2;/h2-8H2,1H3;1,3-4H2,2H3;1,3H2,2H3;/q-1;;;+1. The number of rotatable bonds is 13. The first-order chi connectivity index (χ1) is 8.35. The average molecular weight is 348 g/mol. The van der Waals surface area contributed by atoms with Crippen LogP contribution in [0.1, 0.15) is 78.6 Å². The summed E-state index contributed by atoms with van der Waals surface area (Å²) in [7, 11) is 0. The molecule has 0 aliphatic carbocycles. The minimum atomic E-state index is -1.38. The van der Waals surface area contributed by atoms with Gasteiger partial charge in [0.25, 0.3) is 0 Å². The molecule has 0 aliphatic rings. The summed E-state index contributed by atoms with van der Waals surface area (Å²) < 4.78 is 9.09. The summed E-state index contributed by atoms with van der Waals surface area (Å²) in [6.45, 7) is 7.95. The van der Waals surface area contributed by atoms with E-state index in [1.54, 1.807) is 0 Å². The summed E-state index contributed by atoms with van der Waals surface area (Å²) in [5.74, 6) is 0. The van der Waals surface area contributed by atoms with Crippen LogP contribution in [0.3, 0.4) is 0 Å². The van der Waals surface area contributed by atoms with Crippen LogP contribution in [-0.2, 0) is 3.07 Å². The molecule has 1 radical (unpaired) electrons. The van der Waals surface area contributed by atoms with Gasteiger partial charge in [0.1, 0.15) is 0 Å². The van der Waals surface area contributed by atoms with Crippen LogP contribution in [0.2, 0.25) is 8.87 Å². The van der Waals surface area contributed by atoms with Crippen molar-refractivity contribution in [1.82, 2.24) is 0 Å². The van der Waals surface area contributed by atoms with E-state index in [0.29, 0.717) is 0 Å². The molecule has 0 atom stereocenters. The Bertz CT molecular complexity index is 139. The molecule has 0 saturated carbocycles. The van der Waals surface area contributed by atoms with E-state index in [1.807, 2.05) is 0 Å². The van der Waals surface area contributed by atoms with E-state index in [2.05, 4.69) is 20.8 Å². The van der Waals surface area contributed by atoms with Gasteiger partial charge in [0, 0.05) is 0 Å². The van der Waals surface area contributed by atoms with Crippen molar-refractivity contribution >= 4 is 20.2 Å². The summed E-state index contributed by atoms with van der Waals surface area (Å²) >= 11 is -1.38. The van der Waals surface area contributed by atoms with Crippen molar-refractivity contribution < 1.29 is 3.07 Å². The molecule has 0 fully saturated rings. The third-order valence-corrected chi connectivity index (χ3v) is 10.5. The van der Waals surface area contributed by atoms with E-state index in [9.17, 15) is 0 Å². The molecule has 17 heavy (non-hydrogen) atoms. The van der Waals surface area contributed by atoms with Crippen molar-refractivity contribution in [3.63, 3.8) is 0 Å². The Labute approximate surface area is 117 Å². The molecule has 0 unspecified atom stereocenters. The number of hydrogen-bond acceptors (Lipinski definition) is 1. The fourth-order valence-electron chi connectivity index (χ4n) is 2.02. The second-order valence-corrected chi connectivity index (χ2v) is 11.8. The van der Waals surface area contributed by atoms with E-state index >= 15 is 0 Å². The van der Waals surface area contributed by atoms with E-state index in [4.69, 9.17) is 3.07 Å². The van der Waals surface area contributed by atoms with Crippen LogP contribution in [0.25, 0.3) is 0 Å². The fraction of sp³-hybridized carbons (Fsp3) is 1.00. The van der Waals surface area contributed by atoms with Crippen molar-refractivity contribution in [1.29, 1.82) is 0 Å². The quantitative estimate of drug-likeness (QED) is 0.313. The van der Waals surface area contributed by atoms with Crippen LogP contribution in [0.5, 0.6) is 0 Å². The molecule has 0 aromatic carbocycles. The molecule has 1 nitrogen and oxygen atoms in total. The molecule has 0 aromatic rings. The predicted molar refractivity (Wildman–Crippen MR) is 79.9 cm³/mol. The van der Waals surface area contributed by atoms with Gasteiger partial charge in [0.2, 0.25) is 0 Å². The Hall–Kier alpha value is 0.759. The third kappa shape index (κ3) is 13.0. The van der Waals surface area contributed by atoms with E-state index in [-0.39, 0.29) is 0 Å². The normalized spacial score (nSPS) is 11.3. The Kier molecular flexibility index (Phi) is 15.5. The first kappa shape index (κ1) is 17.8. The second-order valence-electron chi connectivity index (χ2n) is 5.01. The zero-order valence-corrected chi connectivity index (χ0v) is 15.2. The van der Waals surface area contributed by atoms with Gasteiger partial charge in [-0.25, -0.2) is 0 Å². The Morgan fingerprint density at radius 2 is 1.29 bits per heavy atom. The average Bonchev–Trinajstić information content (AvgIpc) is 2.34. The van der Waals surface area contributed by atoms with Gasteiger partial charge in [-0.2, -0.15) is 0 Å². The molecule has 0 aliphatic heterocycles. The molecule has 0 bridgehead atoms. The molecule has 0 saturated heterocycles. The summed E-state index contributed by atoms with van der Waals surface area (Å²) in [5.41, 5.74) is 0. The van der Waals surface area contributed by atoms with Gasteiger partial charge in [-0.15, -0.1) is 0 Å². The summed E-state index contributed by atoms with van der Waals surface area (Å²) in [5, 5.41) is 0. The fourth-order valence-corrected chi connectivity index (χ4v) is 8.52. The van der Waals surface area contributed by atoms with Crippen molar-refractivity contribution in [2.75, 3.05) is 6.61 Å². The van der Waals surface area contributed by atoms with Crippen LogP contribution < -0.4 is 0 Å². The van der Waals surface area contributed by atoms with Crippen LogP contribution in [0.4, 0.5) is 0 Å². The molecule has 0 amide bonds. The summed E-state index contributed by atoms with van der Waals surface area (Å²) in [6.07, 6.45) is 12.4. The number of hydrogen-bond donors (Lipinski definition) is 0. The first-order valence-corrected chi connectivity index (χ1v) is 13.0. The molecule has 0 N–H and O–H groups in total. The van der Waals surface area contributed by atoms with Crippen LogP contribution >= 0.6 is 0 Å². The van der Waals surface area contributed by atoms with Crippen LogP contribution in [-0.4, -0.2) is 26.8 Å². The molecule has 2 heteroatoms. The minimum absolute atomic E-state index is 1.07. The van der Waals surface area contributed by atoms with Crippen LogP contribution in [0.15, 0.2) is 0 Å². The second kappa shape index (κ2) is 14.8. The Morgan fingerprint density at radius 1 is 0.647 bits per heavy atom. The van der Waals surface area contributed by atoms with Gasteiger partial charge in [-0.05, 0) is 0 Å². The van der Waals surface area contributed by atoms with Crippen molar-refractivity contribution in [2.45, 2.75) is 87.4 Å². The van der Waals surface area contributed by atoms with E-state index in [0.717, 1.165) is 6.61 Å². The summed E-state index contributed by atoms with van der Waals surface area (Å²) in [4.78, 5) is 0. The van der Waals surface area contributed by atoms with E-state index in [1.165, 1.54) is 66.7 Å². The topological polar surface area (TPSA) is 9.23 Å². The van der Waals surface area contributed by atoms with Gasteiger partial charge in [0.15, 0.2) is 0 Å². The summed E-state index contributed by atoms with van der Waals surface area (Å²) in [6, 6.07) is 0. The van der Waals surface area contributed by atoms with Gasteiger partial charge in [-0.3, -0.25) is 0 Å². The van der Waals surface area contributed by atoms with Gasteiger partial charge in [-0.1, -0.05) is 0 Å². The molecule has 103 valence electrons. The Morgan fingerprint density at radius 3 is 1.94 bits per heavy atom. The molecule has 0 rings (SSSR count).